The third-order valence-electron chi connectivity index (χ3n) is 2.58. The van der Waals surface area contributed by atoms with E-state index in [1.807, 2.05) is 6.92 Å². The predicted octanol–water partition coefficient (Wildman–Crippen LogP) is 0.0595. The van der Waals surface area contributed by atoms with Gasteiger partial charge in [0.05, 0.1) is 0 Å². The Bertz CT molecular complexity index is 158. The van der Waals surface area contributed by atoms with Gasteiger partial charge in [-0.1, -0.05) is 6.92 Å². The molecule has 3 nitrogen and oxygen atoms in total. The van der Waals surface area contributed by atoms with E-state index in [4.69, 9.17) is 5.73 Å². The maximum Gasteiger partial charge on any atom is 0.220 e. The SMILES string of the molecule is CC(C(N)=O)[C@H]1CCN(C)C1. The molecule has 64 valence electrons. The Labute approximate surface area is 67.5 Å². The summed E-state index contributed by atoms with van der Waals surface area (Å²) in [5.41, 5.74) is 5.20. The fourth-order valence-electron chi connectivity index (χ4n) is 1.61. The summed E-state index contributed by atoms with van der Waals surface area (Å²) in [6, 6.07) is 0. The molecule has 1 rings (SSSR count). The van der Waals surface area contributed by atoms with E-state index in [0.29, 0.717) is 5.92 Å². The van der Waals surface area contributed by atoms with Crippen LogP contribution in [0.4, 0.5) is 0 Å². The summed E-state index contributed by atoms with van der Waals surface area (Å²) < 4.78 is 0. The van der Waals surface area contributed by atoms with Gasteiger partial charge >= 0.3 is 0 Å². The van der Waals surface area contributed by atoms with Crippen LogP contribution in [-0.4, -0.2) is 30.9 Å². The van der Waals surface area contributed by atoms with Crippen molar-refractivity contribution in [3.8, 4) is 0 Å². The highest BCUT2D eigenvalue weighted by Gasteiger charge is 2.27. The van der Waals surface area contributed by atoms with Crippen molar-refractivity contribution in [2.75, 3.05) is 20.1 Å². The van der Waals surface area contributed by atoms with Crippen LogP contribution < -0.4 is 5.73 Å². The number of hydrogen-bond donors (Lipinski definition) is 1. The number of amides is 1. The minimum atomic E-state index is -0.162. The van der Waals surface area contributed by atoms with Crippen LogP contribution in [0.5, 0.6) is 0 Å². The number of carbonyl (C=O) groups is 1. The fraction of sp³-hybridized carbons (Fsp3) is 0.875. The van der Waals surface area contributed by atoms with Crippen molar-refractivity contribution >= 4 is 5.91 Å². The van der Waals surface area contributed by atoms with Crippen LogP contribution in [0.2, 0.25) is 0 Å². The minimum absolute atomic E-state index is 0.0416. The summed E-state index contributed by atoms with van der Waals surface area (Å²) in [7, 11) is 2.08. The standard InChI is InChI=1S/C8H16N2O/c1-6(8(9)11)7-3-4-10(2)5-7/h6-7H,3-5H2,1-2H3,(H2,9,11)/t6?,7-/m0/s1. The number of hydrogen-bond acceptors (Lipinski definition) is 2. The van der Waals surface area contributed by atoms with E-state index < -0.39 is 0 Å². The van der Waals surface area contributed by atoms with E-state index in [-0.39, 0.29) is 11.8 Å². The molecular formula is C8H16N2O. The first-order valence-corrected chi connectivity index (χ1v) is 4.09. The average Bonchev–Trinajstić information content (AvgIpc) is 2.34. The molecule has 1 amide bonds. The summed E-state index contributed by atoms with van der Waals surface area (Å²) in [5.74, 6) is 0.364. The zero-order valence-corrected chi connectivity index (χ0v) is 7.21. The Morgan fingerprint density at radius 3 is 2.73 bits per heavy atom. The lowest BCUT2D eigenvalue weighted by Crippen LogP contribution is -2.29. The molecule has 0 aliphatic carbocycles. The molecule has 0 saturated carbocycles. The molecule has 2 N–H and O–H groups in total. The highest BCUT2D eigenvalue weighted by atomic mass is 16.1. The van der Waals surface area contributed by atoms with Crippen molar-refractivity contribution in [1.82, 2.24) is 4.90 Å². The van der Waals surface area contributed by atoms with Crippen molar-refractivity contribution in [1.29, 1.82) is 0 Å². The molecule has 0 aromatic rings. The molecule has 1 fully saturated rings. The second-order valence-corrected chi connectivity index (χ2v) is 3.50. The van der Waals surface area contributed by atoms with Crippen LogP contribution in [0.3, 0.4) is 0 Å². The first kappa shape index (κ1) is 8.53. The summed E-state index contributed by atoms with van der Waals surface area (Å²) in [5, 5.41) is 0. The van der Waals surface area contributed by atoms with Crippen LogP contribution in [-0.2, 0) is 4.79 Å². The summed E-state index contributed by atoms with van der Waals surface area (Å²) in [6.45, 7) is 4.04. The summed E-state index contributed by atoms with van der Waals surface area (Å²) >= 11 is 0. The number of carbonyl (C=O) groups excluding carboxylic acids is 1. The lowest BCUT2D eigenvalue weighted by atomic mass is 9.93. The lowest BCUT2D eigenvalue weighted by Gasteiger charge is -2.14. The van der Waals surface area contributed by atoms with Crippen LogP contribution in [0.1, 0.15) is 13.3 Å². The Balaban J connectivity index is 2.43. The number of nitrogens with zero attached hydrogens (tertiary/aromatic N) is 1. The second-order valence-electron chi connectivity index (χ2n) is 3.50. The smallest absolute Gasteiger partial charge is 0.220 e. The maximum atomic E-state index is 10.8. The first-order chi connectivity index (χ1) is 5.11. The second kappa shape index (κ2) is 3.22. The molecule has 0 aromatic carbocycles. The van der Waals surface area contributed by atoms with Crippen molar-refractivity contribution in [3.63, 3.8) is 0 Å². The molecule has 1 heterocycles. The maximum absolute atomic E-state index is 10.8. The van der Waals surface area contributed by atoms with Gasteiger partial charge in [0.15, 0.2) is 0 Å². The summed E-state index contributed by atoms with van der Waals surface area (Å²) in [6.07, 6.45) is 1.11. The molecular weight excluding hydrogens is 140 g/mol. The molecule has 1 saturated heterocycles. The van der Waals surface area contributed by atoms with Gasteiger partial charge in [-0.2, -0.15) is 0 Å². The molecule has 0 spiro atoms. The van der Waals surface area contributed by atoms with E-state index in [9.17, 15) is 4.79 Å². The van der Waals surface area contributed by atoms with Gasteiger partial charge in [-0.25, -0.2) is 0 Å². The van der Waals surface area contributed by atoms with Gasteiger partial charge in [-0.15, -0.1) is 0 Å². The number of primary amides is 1. The van der Waals surface area contributed by atoms with Crippen LogP contribution in [0, 0.1) is 11.8 Å². The quantitative estimate of drug-likeness (QED) is 0.614. The van der Waals surface area contributed by atoms with Gasteiger partial charge < -0.3 is 10.6 Å². The third-order valence-corrected chi connectivity index (χ3v) is 2.58. The molecule has 0 radical (unpaired) electrons. The molecule has 0 aromatic heterocycles. The van der Waals surface area contributed by atoms with E-state index >= 15 is 0 Å². The Morgan fingerprint density at radius 1 is 1.73 bits per heavy atom. The van der Waals surface area contributed by atoms with Crippen LogP contribution in [0.25, 0.3) is 0 Å². The van der Waals surface area contributed by atoms with Gasteiger partial charge in [0.2, 0.25) is 5.91 Å². The van der Waals surface area contributed by atoms with Gasteiger partial charge in [0, 0.05) is 12.5 Å². The average molecular weight is 156 g/mol. The number of likely N-dealkylation sites (tertiary alicyclic amines) is 1. The topological polar surface area (TPSA) is 46.3 Å². The summed E-state index contributed by atoms with van der Waals surface area (Å²) in [4.78, 5) is 13.0. The van der Waals surface area contributed by atoms with Gasteiger partial charge in [0.25, 0.3) is 0 Å². The Hall–Kier alpha value is -0.570. The molecule has 1 aliphatic heterocycles. The third kappa shape index (κ3) is 1.93. The Morgan fingerprint density at radius 2 is 2.36 bits per heavy atom. The first-order valence-electron chi connectivity index (χ1n) is 4.09. The van der Waals surface area contributed by atoms with Gasteiger partial charge in [0.1, 0.15) is 0 Å². The monoisotopic (exact) mass is 156 g/mol. The molecule has 11 heavy (non-hydrogen) atoms. The zero-order chi connectivity index (χ0) is 8.43. The zero-order valence-electron chi connectivity index (χ0n) is 7.21. The van der Waals surface area contributed by atoms with Crippen molar-refractivity contribution in [2.45, 2.75) is 13.3 Å². The van der Waals surface area contributed by atoms with E-state index in [2.05, 4.69) is 11.9 Å². The van der Waals surface area contributed by atoms with Crippen molar-refractivity contribution < 1.29 is 4.79 Å². The lowest BCUT2D eigenvalue weighted by molar-refractivity contribution is -0.122. The van der Waals surface area contributed by atoms with Crippen LogP contribution >= 0.6 is 0 Å². The van der Waals surface area contributed by atoms with E-state index in [1.54, 1.807) is 0 Å². The highest BCUT2D eigenvalue weighted by molar-refractivity contribution is 5.76. The van der Waals surface area contributed by atoms with E-state index in [1.165, 1.54) is 0 Å². The normalized spacial score (nSPS) is 28.7. The largest absolute Gasteiger partial charge is 0.369 e. The molecule has 3 heteroatoms. The minimum Gasteiger partial charge on any atom is -0.369 e. The molecule has 2 atom stereocenters. The van der Waals surface area contributed by atoms with Gasteiger partial charge in [-0.3, -0.25) is 4.79 Å². The van der Waals surface area contributed by atoms with E-state index in [0.717, 1.165) is 19.5 Å². The van der Waals surface area contributed by atoms with Crippen molar-refractivity contribution in [3.05, 3.63) is 0 Å². The van der Waals surface area contributed by atoms with Crippen LogP contribution in [0.15, 0.2) is 0 Å². The number of nitrogens with two attached hydrogens (primary N) is 1. The fourth-order valence-corrected chi connectivity index (χ4v) is 1.61. The highest BCUT2D eigenvalue weighted by Crippen LogP contribution is 2.22. The predicted molar refractivity (Wildman–Crippen MR) is 44.0 cm³/mol. The Kier molecular flexibility index (Phi) is 2.49. The molecule has 1 unspecified atom stereocenters. The number of rotatable bonds is 2. The van der Waals surface area contributed by atoms with Crippen molar-refractivity contribution in [2.24, 2.45) is 17.6 Å². The van der Waals surface area contributed by atoms with Gasteiger partial charge in [-0.05, 0) is 25.9 Å². The molecule has 1 aliphatic rings. The molecule has 0 bridgehead atoms.